The Labute approximate surface area is 162 Å². The van der Waals surface area contributed by atoms with Crippen LogP contribution >= 0.6 is 0 Å². The van der Waals surface area contributed by atoms with Crippen molar-refractivity contribution in [3.8, 4) is 5.75 Å². The van der Waals surface area contributed by atoms with Crippen LogP contribution in [-0.4, -0.2) is 44.1 Å². The number of nitrogens with one attached hydrogen (secondary N) is 1. The molecule has 3 aliphatic rings. The van der Waals surface area contributed by atoms with E-state index in [9.17, 15) is 13.2 Å². The maximum atomic E-state index is 12.9. The maximum Gasteiger partial charge on any atom is 0.267 e. The predicted molar refractivity (Wildman–Crippen MR) is 100 cm³/mol. The van der Waals surface area contributed by atoms with Crippen molar-refractivity contribution in [2.24, 2.45) is 0 Å². The summed E-state index contributed by atoms with van der Waals surface area (Å²) in [6.45, 7) is 1.00. The third kappa shape index (κ3) is 3.23. The molecular weight excluding hydrogens is 382 g/mol. The van der Waals surface area contributed by atoms with E-state index in [4.69, 9.17) is 9.47 Å². The van der Waals surface area contributed by atoms with E-state index in [0.29, 0.717) is 18.9 Å². The Kier molecular flexibility index (Phi) is 4.26. The lowest BCUT2D eigenvalue weighted by molar-refractivity contribution is 0.181. The van der Waals surface area contributed by atoms with Gasteiger partial charge in [0, 0.05) is 18.4 Å². The highest BCUT2D eigenvalue weighted by Crippen LogP contribution is 2.38. The second-order valence-electron chi connectivity index (χ2n) is 7.52. The predicted octanol–water partition coefficient (Wildman–Crippen LogP) is 0.974. The molecule has 1 aromatic heterocycles. The molecule has 0 amide bonds. The zero-order valence-electron chi connectivity index (χ0n) is 15.2. The lowest BCUT2D eigenvalue weighted by Gasteiger charge is -2.21. The van der Waals surface area contributed by atoms with E-state index < -0.39 is 22.1 Å². The van der Waals surface area contributed by atoms with E-state index in [2.05, 4.69) is 9.82 Å². The number of rotatable bonds is 5. The molecule has 148 valence electrons. The molecule has 3 heterocycles. The molecule has 2 aliphatic heterocycles. The van der Waals surface area contributed by atoms with E-state index in [1.807, 2.05) is 0 Å². The zero-order chi connectivity index (χ0) is 19.3. The average molecular weight is 403 g/mol. The fraction of sp³-hybridized carbons (Fsp3) is 0.474. The van der Waals surface area contributed by atoms with Gasteiger partial charge in [0.2, 0.25) is 10.0 Å². The van der Waals surface area contributed by atoms with Crippen molar-refractivity contribution >= 4 is 10.0 Å². The van der Waals surface area contributed by atoms with Crippen molar-refractivity contribution < 1.29 is 17.9 Å². The molecule has 2 aromatic rings. The highest BCUT2D eigenvalue weighted by atomic mass is 32.2. The van der Waals surface area contributed by atoms with E-state index in [0.717, 1.165) is 29.8 Å². The molecule has 1 saturated heterocycles. The second kappa shape index (κ2) is 6.68. The van der Waals surface area contributed by atoms with Gasteiger partial charge in [0.1, 0.15) is 5.75 Å². The van der Waals surface area contributed by atoms with Gasteiger partial charge in [-0.2, -0.15) is 5.10 Å². The van der Waals surface area contributed by atoms with Crippen molar-refractivity contribution in [2.75, 3.05) is 19.8 Å². The summed E-state index contributed by atoms with van der Waals surface area (Å²) >= 11 is 0. The first kappa shape index (κ1) is 17.8. The summed E-state index contributed by atoms with van der Waals surface area (Å²) in [6.07, 6.45) is 2.84. The van der Waals surface area contributed by atoms with Crippen LogP contribution in [-0.2, 0) is 21.2 Å². The van der Waals surface area contributed by atoms with Crippen molar-refractivity contribution in [2.45, 2.75) is 42.2 Å². The number of hydrogen-bond acceptors (Lipinski definition) is 6. The Morgan fingerprint density at radius 2 is 2.00 bits per heavy atom. The Bertz CT molecular complexity index is 1080. The third-order valence-corrected chi connectivity index (χ3v) is 6.97. The molecule has 2 fully saturated rings. The van der Waals surface area contributed by atoms with E-state index >= 15 is 0 Å². The lowest BCUT2D eigenvalue weighted by Crippen LogP contribution is -2.44. The lowest BCUT2D eigenvalue weighted by atomic mass is 10.2. The minimum Gasteiger partial charge on any atom is -0.493 e. The summed E-state index contributed by atoms with van der Waals surface area (Å²) in [5, 5.41) is 4.49. The second-order valence-corrected chi connectivity index (χ2v) is 9.23. The SMILES string of the molecule is O=c1ccc(C2CC2)nn1C1COCC1NS(=O)(=O)c1ccc2c(c1)CCO2. The van der Waals surface area contributed by atoms with Crippen molar-refractivity contribution in [3.63, 3.8) is 0 Å². The first-order valence-electron chi connectivity index (χ1n) is 9.47. The molecule has 1 aromatic carbocycles. The maximum absolute atomic E-state index is 12.9. The van der Waals surface area contributed by atoms with Crippen LogP contribution in [0, 0.1) is 0 Å². The summed E-state index contributed by atoms with van der Waals surface area (Å²) in [5.41, 5.74) is 1.52. The molecule has 28 heavy (non-hydrogen) atoms. The molecule has 5 rings (SSSR count). The van der Waals surface area contributed by atoms with Crippen LogP contribution < -0.4 is 15.0 Å². The van der Waals surface area contributed by atoms with Gasteiger partial charge in [0.05, 0.1) is 42.5 Å². The van der Waals surface area contributed by atoms with Gasteiger partial charge in [-0.05, 0) is 42.7 Å². The van der Waals surface area contributed by atoms with Gasteiger partial charge in [-0.15, -0.1) is 0 Å². The normalized spacial score (nSPS) is 24.1. The Hall–Kier alpha value is -2.23. The standard InChI is InChI=1S/C19H21N3O5S/c23-19-6-4-15(12-1-2-12)20-22(19)17-11-26-10-16(17)21-28(24,25)14-3-5-18-13(9-14)7-8-27-18/h3-6,9,12,16-17,21H,1-2,7-8,10-11H2. The van der Waals surface area contributed by atoms with Crippen LogP contribution in [0.4, 0.5) is 0 Å². The van der Waals surface area contributed by atoms with Crippen LogP contribution in [0.5, 0.6) is 5.75 Å². The first-order chi connectivity index (χ1) is 13.5. The third-order valence-electron chi connectivity index (χ3n) is 5.48. The fourth-order valence-electron chi connectivity index (χ4n) is 3.77. The minimum atomic E-state index is -3.76. The van der Waals surface area contributed by atoms with Gasteiger partial charge in [0.15, 0.2) is 0 Å². The van der Waals surface area contributed by atoms with Crippen molar-refractivity contribution in [3.05, 3.63) is 51.9 Å². The Morgan fingerprint density at radius 3 is 2.82 bits per heavy atom. The Morgan fingerprint density at radius 1 is 1.14 bits per heavy atom. The number of benzene rings is 1. The topological polar surface area (TPSA) is 99.5 Å². The van der Waals surface area contributed by atoms with Crippen LogP contribution in [0.25, 0.3) is 0 Å². The summed E-state index contributed by atoms with van der Waals surface area (Å²) in [4.78, 5) is 12.6. The van der Waals surface area contributed by atoms with Gasteiger partial charge in [-0.3, -0.25) is 4.79 Å². The van der Waals surface area contributed by atoms with Crippen LogP contribution in [0.2, 0.25) is 0 Å². The summed E-state index contributed by atoms with van der Waals surface area (Å²) < 4.78 is 40.9. The number of fused-ring (bicyclic) bond motifs is 1. The number of aromatic nitrogens is 2. The van der Waals surface area contributed by atoms with Crippen molar-refractivity contribution in [1.29, 1.82) is 0 Å². The van der Waals surface area contributed by atoms with E-state index in [1.165, 1.54) is 16.8 Å². The minimum absolute atomic E-state index is 0.189. The van der Waals surface area contributed by atoms with Gasteiger partial charge >= 0.3 is 0 Å². The number of ether oxygens (including phenoxy) is 2. The van der Waals surface area contributed by atoms with Gasteiger partial charge in [0.25, 0.3) is 5.56 Å². The molecule has 9 heteroatoms. The molecule has 0 bridgehead atoms. The van der Waals surface area contributed by atoms with E-state index in [1.54, 1.807) is 18.2 Å². The van der Waals surface area contributed by atoms with Crippen LogP contribution in [0.15, 0.2) is 40.0 Å². The largest absolute Gasteiger partial charge is 0.493 e. The smallest absolute Gasteiger partial charge is 0.267 e. The zero-order valence-corrected chi connectivity index (χ0v) is 16.0. The van der Waals surface area contributed by atoms with Gasteiger partial charge < -0.3 is 9.47 Å². The summed E-state index contributed by atoms with van der Waals surface area (Å²) in [7, 11) is -3.76. The molecule has 1 N–H and O–H groups in total. The molecule has 1 saturated carbocycles. The van der Waals surface area contributed by atoms with Gasteiger partial charge in [-0.1, -0.05) is 0 Å². The highest BCUT2D eigenvalue weighted by molar-refractivity contribution is 7.89. The first-order valence-corrected chi connectivity index (χ1v) is 11.0. The molecule has 8 nitrogen and oxygen atoms in total. The van der Waals surface area contributed by atoms with Crippen LogP contribution in [0.1, 0.15) is 36.1 Å². The van der Waals surface area contributed by atoms with E-state index in [-0.39, 0.29) is 23.7 Å². The quantitative estimate of drug-likeness (QED) is 0.799. The Balaban J connectivity index is 1.41. The average Bonchev–Trinajstić information content (AvgIpc) is 3.25. The molecule has 2 atom stereocenters. The summed E-state index contributed by atoms with van der Waals surface area (Å²) in [5.74, 6) is 1.13. The summed E-state index contributed by atoms with van der Waals surface area (Å²) in [6, 6.07) is 7.10. The van der Waals surface area contributed by atoms with Gasteiger partial charge in [-0.25, -0.2) is 17.8 Å². The molecule has 1 aliphatic carbocycles. The molecule has 0 radical (unpaired) electrons. The van der Waals surface area contributed by atoms with Crippen LogP contribution in [0.3, 0.4) is 0 Å². The molecular formula is C19H21N3O5S. The fourth-order valence-corrected chi connectivity index (χ4v) is 5.07. The number of hydrogen-bond donors (Lipinski definition) is 1. The molecule has 2 unspecified atom stereocenters. The monoisotopic (exact) mass is 403 g/mol. The highest BCUT2D eigenvalue weighted by Gasteiger charge is 2.36. The van der Waals surface area contributed by atoms with Crippen molar-refractivity contribution in [1.82, 2.24) is 14.5 Å². The number of nitrogens with zero attached hydrogens (tertiary/aromatic N) is 2. The molecule has 0 spiro atoms. The number of sulfonamides is 1.